The van der Waals surface area contributed by atoms with E-state index in [-0.39, 0.29) is 17.0 Å². The minimum Gasteiger partial charge on any atom is -0.481 e. The van der Waals surface area contributed by atoms with Crippen molar-refractivity contribution in [1.82, 2.24) is 0 Å². The van der Waals surface area contributed by atoms with Gasteiger partial charge in [-0.25, -0.2) is 0 Å². The van der Waals surface area contributed by atoms with Gasteiger partial charge in [-0.3, -0.25) is 9.59 Å². The summed E-state index contributed by atoms with van der Waals surface area (Å²) in [5, 5.41) is 8.97. The summed E-state index contributed by atoms with van der Waals surface area (Å²) in [5.74, 6) is -2.86. The first-order valence-electron chi connectivity index (χ1n) is 9.55. The number of carboxylic acid groups (broad SMARTS) is 1. The Morgan fingerprint density at radius 1 is 1.19 bits per heavy atom. The molecule has 2 rings (SSSR count). The second kappa shape index (κ2) is 9.76. The van der Waals surface area contributed by atoms with Crippen LogP contribution in [0.4, 0.5) is 13.2 Å². The van der Waals surface area contributed by atoms with Crippen LogP contribution in [0.25, 0.3) is 0 Å². The van der Waals surface area contributed by atoms with Crippen LogP contribution in [0.1, 0.15) is 37.8 Å². The van der Waals surface area contributed by atoms with Crippen LogP contribution in [0.3, 0.4) is 0 Å². The molecule has 0 unspecified atom stereocenters. The molecule has 1 aromatic rings. The highest BCUT2D eigenvalue weighted by Gasteiger charge is 2.48. The highest BCUT2D eigenvalue weighted by molar-refractivity contribution is 7.88. The summed E-state index contributed by atoms with van der Waals surface area (Å²) in [6.07, 6.45) is 1.79. The lowest BCUT2D eigenvalue weighted by molar-refractivity contribution is -0.148. The number of aliphatic carboxylic acids is 1. The van der Waals surface area contributed by atoms with Crippen molar-refractivity contribution in [2.45, 2.75) is 51.1 Å². The van der Waals surface area contributed by atoms with Gasteiger partial charge in [0, 0.05) is 5.92 Å². The van der Waals surface area contributed by atoms with Crippen molar-refractivity contribution in [3.63, 3.8) is 0 Å². The van der Waals surface area contributed by atoms with Crippen molar-refractivity contribution in [2.75, 3.05) is 0 Å². The van der Waals surface area contributed by atoms with Crippen LogP contribution in [0.2, 0.25) is 0 Å². The maximum atomic E-state index is 12.6. The number of alkyl halides is 3. The summed E-state index contributed by atoms with van der Waals surface area (Å²) >= 11 is 0. The number of esters is 1. The third-order valence-electron chi connectivity index (χ3n) is 4.81. The number of hydrogen-bond acceptors (Lipinski definition) is 6. The molecule has 1 aliphatic rings. The minimum absolute atomic E-state index is 0.0385. The van der Waals surface area contributed by atoms with Gasteiger partial charge in [-0.15, -0.1) is 0 Å². The van der Waals surface area contributed by atoms with Gasteiger partial charge in [0.25, 0.3) is 0 Å². The number of hydrogen-bond donors (Lipinski definition) is 1. The smallest absolute Gasteiger partial charge is 0.481 e. The molecular weight excluding hydrogens is 453 g/mol. The van der Waals surface area contributed by atoms with Crippen molar-refractivity contribution in [1.29, 1.82) is 0 Å². The Balaban J connectivity index is 2.27. The number of ether oxygens (including phenoxy) is 1. The number of halogens is 3. The van der Waals surface area contributed by atoms with E-state index in [1.54, 1.807) is 0 Å². The van der Waals surface area contributed by atoms with Gasteiger partial charge in [0.05, 0.1) is 12.8 Å². The van der Waals surface area contributed by atoms with E-state index in [0.29, 0.717) is 0 Å². The molecule has 0 heterocycles. The van der Waals surface area contributed by atoms with E-state index in [0.717, 1.165) is 36.1 Å². The summed E-state index contributed by atoms with van der Waals surface area (Å²) in [5.41, 5.74) is -3.79. The molecule has 0 fully saturated rings. The predicted octanol–water partition coefficient (Wildman–Crippen LogP) is 3.93. The lowest BCUT2D eigenvalue weighted by Gasteiger charge is -2.29. The Labute approximate surface area is 183 Å². The zero-order chi connectivity index (χ0) is 24.3. The van der Waals surface area contributed by atoms with Crippen molar-refractivity contribution >= 4 is 22.1 Å². The third-order valence-corrected chi connectivity index (χ3v) is 5.79. The van der Waals surface area contributed by atoms with E-state index in [4.69, 9.17) is 9.84 Å². The normalized spacial score (nSPS) is 19.1. The van der Waals surface area contributed by atoms with Crippen LogP contribution < -0.4 is 4.18 Å². The molecule has 7 nitrogen and oxygen atoms in total. The number of rotatable bonds is 8. The van der Waals surface area contributed by atoms with Crippen LogP contribution in [-0.4, -0.2) is 37.1 Å². The van der Waals surface area contributed by atoms with Gasteiger partial charge in [-0.1, -0.05) is 23.8 Å². The predicted molar refractivity (Wildman–Crippen MR) is 108 cm³/mol. The summed E-state index contributed by atoms with van der Waals surface area (Å²) in [4.78, 5) is 23.5. The fourth-order valence-electron chi connectivity index (χ4n) is 3.36. The molecule has 11 heteroatoms. The second-order valence-electron chi connectivity index (χ2n) is 7.67. The molecule has 1 aromatic carbocycles. The van der Waals surface area contributed by atoms with Crippen LogP contribution in [0, 0.1) is 5.92 Å². The molecule has 1 N–H and O–H groups in total. The third kappa shape index (κ3) is 6.84. The van der Waals surface area contributed by atoms with Crippen molar-refractivity contribution in [3.8, 4) is 5.75 Å². The molecule has 0 radical (unpaired) electrons. The van der Waals surface area contributed by atoms with E-state index in [2.05, 4.69) is 10.8 Å². The average Bonchev–Trinajstić information content (AvgIpc) is 2.59. The molecule has 0 saturated carbocycles. The maximum absolute atomic E-state index is 12.6. The summed E-state index contributed by atoms with van der Waals surface area (Å²) in [6, 6.07) is 3.05. The van der Waals surface area contributed by atoms with Gasteiger partial charge in [-0.05, 0) is 56.0 Å². The first-order valence-corrected chi connectivity index (χ1v) is 11.0. The molecule has 0 aromatic heterocycles. The molecule has 2 atom stereocenters. The lowest BCUT2D eigenvalue weighted by Crippen LogP contribution is -2.29. The summed E-state index contributed by atoms with van der Waals surface area (Å²) in [6.45, 7) is 7.63. The van der Waals surface area contributed by atoms with Gasteiger partial charge < -0.3 is 14.0 Å². The lowest BCUT2D eigenvalue weighted by atomic mass is 9.83. The van der Waals surface area contributed by atoms with Gasteiger partial charge >= 0.3 is 27.6 Å². The Morgan fingerprint density at radius 2 is 1.78 bits per heavy atom. The van der Waals surface area contributed by atoms with Crippen LogP contribution in [0.5, 0.6) is 5.75 Å². The SMILES string of the molecule is C=C(C)[C@H]1CCC(C)=C[C@H]1OC(=O)Cc1cc(CC(=O)O)cc(OS(=O)(=O)C(F)(F)F)c1. The first kappa shape index (κ1) is 25.4. The van der Waals surface area contributed by atoms with E-state index in [1.807, 2.05) is 19.9 Å². The quantitative estimate of drug-likeness (QED) is 0.262. The molecular formula is C21H23F3O7S. The first-order chi connectivity index (χ1) is 14.7. The summed E-state index contributed by atoms with van der Waals surface area (Å²) in [7, 11) is -5.97. The monoisotopic (exact) mass is 476 g/mol. The van der Waals surface area contributed by atoms with E-state index in [1.165, 1.54) is 6.07 Å². The second-order valence-corrected chi connectivity index (χ2v) is 9.21. The van der Waals surface area contributed by atoms with E-state index in [9.17, 15) is 31.2 Å². The zero-order valence-corrected chi connectivity index (χ0v) is 18.3. The molecule has 0 saturated heterocycles. The Morgan fingerprint density at radius 3 is 2.31 bits per heavy atom. The number of carbonyl (C=O) groups excluding carboxylic acids is 1. The molecule has 0 bridgehead atoms. The topological polar surface area (TPSA) is 107 Å². The average molecular weight is 476 g/mol. The highest BCUT2D eigenvalue weighted by Crippen LogP contribution is 2.31. The Hall–Kier alpha value is -2.82. The van der Waals surface area contributed by atoms with Crippen LogP contribution in [0.15, 0.2) is 42.0 Å². The zero-order valence-electron chi connectivity index (χ0n) is 17.4. The largest absolute Gasteiger partial charge is 0.534 e. The number of allylic oxidation sites excluding steroid dienone is 1. The highest BCUT2D eigenvalue weighted by atomic mass is 32.2. The number of benzene rings is 1. The fraction of sp³-hybridized carbons (Fsp3) is 0.429. The fourth-order valence-corrected chi connectivity index (χ4v) is 3.80. The maximum Gasteiger partial charge on any atom is 0.534 e. The molecule has 1 aliphatic carbocycles. The van der Waals surface area contributed by atoms with Crippen molar-refractivity contribution in [3.05, 3.63) is 53.1 Å². The van der Waals surface area contributed by atoms with Gasteiger partial charge in [0.2, 0.25) is 0 Å². The molecule has 32 heavy (non-hydrogen) atoms. The minimum atomic E-state index is -5.97. The molecule has 0 aliphatic heterocycles. The van der Waals surface area contributed by atoms with Gasteiger partial charge in [0.15, 0.2) is 0 Å². The molecule has 0 spiro atoms. The summed E-state index contributed by atoms with van der Waals surface area (Å²) < 4.78 is 70.2. The van der Waals surface area contributed by atoms with E-state index >= 15 is 0 Å². The van der Waals surface area contributed by atoms with Gasteiger partial charge in [0.1, 0.15) is 11.9 Å². The standard InChI is InChI=1S/C21H23F3O7S/c1-12(2)17-5-4-13(3)6-18(17)30-20(27)11-15-7-14(10-19(25)26)8-16(9-15)31-32(28,29)21(22,23)24/h6-9,17-18H,1,4-5,10-11H2,2-3H3,(H,25,26)/t17-,18-/m1/s1. The van der Waals surface area contributed by atoms with Crippen LogP contribution in [-0.2, 0) is 37.3 Å². The number of carboxylic acids is 1. The van der Waals surface area contributed by atoms with Crippen LogP contribution >= 0.6 is 0 Å². The van der Waals surface area contributed by atoms with Crippen molar-refractivity contribution in [2.24, 2.45) is 5.92 Å². The number of carbonyl (C=O) groups is 2. The molecule has 0 amide bonds. The Bertz CT molecular complexity index is 1040. The Kier molecular flexibility index (Phi) is 7.76. The van der Waals surface area contributed by atoms with Crippen molar-refractivity contribution < 1.29 is 45.2 Å². The van der Waals surface area contributed by atoms with E-state index < -0.39 is 52.3 Å². The van der Waals surface area contributed by atoms with Gasteiger partial charge in [-0.2, -0.15) is 21.6 Å². The molecule has 176 valence electrons.